The van der Waals surface area contributed by atoms with E-state index in [0.717, 1.165) is 18.5 Å². The van der Waals surface area contributed by atoms with Crippen molar-refractivity contribution >= 4 is 5.97 Å². The summed E-state index contributed by atoms with van der Waals surface area (Å²) in [4.78, 5) is 11.2. The molecule has 1 rings (SSSR count). The van der Waals surface area contributed by atoms with E-state index in [9.17, 15) is 9.90 Å². The fraction of sp³-hybridized carbons (Fsp3) is 0.357. The summed E-state index contributed by atoms with van der Waals surface area (Å²) in [6.45, 7) is 3.25. The van der Waals surface area contributed by atoms with Gasteiger partial charge in [0.1, 0.15) is 0 Å². The second-order valence-corrected chi connectivity index (χ2v) is 3.86. The van der Waals surface area contributed by atoms with Crippen LogP contribution in [0.2, 0.25) is 0 Å². The number of nitrogens with one attached hydrogen (secondary N) is 1. The number of carboxylic acids is 1. The van der Waals surface area contributed by atoms with E-state index in [1.807, 2.05) is 43.3 Å². The molecule has 3 heteroatoms. The zero-order valence-electron chi connectivity index (χ0n) is 10.1. The number of carbonyl (C=O) groups is 1. The molecule has 92 valence electrons. The Morgan fingerprint density at radius 1 is 1.41 bits per heavy atom. The molecule has 0 aliphatic carbocycles. The van der Waals surface area contributed by atoms with Crippen molar-refractivity contribution < 1.29 is 9.90 Å². The monoisotopic (exact) mass is 233 g/mol. The first-order chi connectivity index (χ1) is 8.25. The van der Waals surface area contributed by atoms with Crippen LogP contribution >= 0.6 is 0 Å². The van der Waals surface area contributed by atoms with Gasteiger partial charge in [0.25, 0.3) is 0 Å². The first-order valence-electron chi connectivity index (χ1n) is 5.85. The van der Waals surface area contributed by atoms with Crippen molar-refractivity contribution in [2.24, 2.45) is 0 Å². The Hall–Kier alpha value is -1.61. The molecule has 1 unspecified atom stereocenters. The van der Waals surface area contributed by atoms with Crippen LogP contribution in [0, 0.1) is 0 Å². The van der Waals surface area contributed by atoms with Gasteiger partial charge in [-0.05, 0) is 25.5 Å². The molecule has 1 atom stereocenters. The number of benzene rings is 1. The van der Waals surface area contributed by atoms with Gasteiger partial charge in [-0.3, -0.25) is 4.79 Å². The van der Waals surface area contributed by atoms with Gasteiger partial charge in [0.15, 0.2) is 0 Å². The third kappa shape index (κ3) is 4.83. The van der Waals surface area contributed by atoms with Gasteiger partial charge < -0.3 is 10.4 Å². The maximum Gasteiger partial charge on any atom is 0.312 e. The molecule has 3 nitrogen and oxygen atoms in total. The summed E-state index contributed by atoms with van der Waals surface area (Å²) in [5, 5.41) is 12.3. The number of allylic oxidation sites excluding steroid dienone is 1. The molecule has 1 aromatic rings. The number of hydrogen-bond acceptors (Lipinski definition) is 2. The van der Waals surface area contributed by atoms with Crippen LogP contribution < -0.4 is 5.32 Å². The predicted molar refractivity (Wildman–Crippen MR) is 69.1 cm³/mol. The Labute approximate surface area is 102 Å². The normalized spacial score (nSPS) is 12.8. The number of hydrogen-bond donors (Lipinski definition) is 2. The van der Waals surface area contributed by atoms with E-state index < -0.39 is 11.9 Å². The van der Waals surface area contributed by atoms with Crippen molar-refractivity contribution in [3.8, 4) is 0 Å². The molecular formula is C14H19NO2. The smallest absolute Gasteiger partial charge is 0.312 e. The van der Waals surface area contributed by atoms with Crippen molar-refractivity contribution in [3.05, 3.63) is 48.0 Å². The molecule has 0 fully saturated rings. The zero-order valence-corrected chi connectivity index (χ0v) is 10.1. The van der Waals surface area contributed by atoms with Crippen LogP contribution in [0.25, 0.3) is 0 Å². The fourth-order valence-corrected chi connectivity index (χ4v) is 1.63. The summed E-state index contributed by atoms with van der Waals surface area (Å²) in [7, 11) is 0. The summed E-state index contributed by atoms with van der Waals surface area (Å²) >= 11 is 0. The van der Waals surface area contributed by atoms with Crippen molar-refractivity contribution in [2.75, 3.05) is 13.1 Å². The molecule has 0 saturated carbocycles. The largest absolute Gasteiger partial charge is 0.481 e. The van der Waals surface area contributed by atoms with Crippen molar-refractivity contribution in [1.82, 2.24) is 5.32 Å². The molecule has 0 radical (unpaired) electrons. The van der Waals surface area contributed by atoms with Crippen molar-refractivity contribution in [1.29, 1.82) is 0 Å². The van der Waals surface area contributed by atoms with Crippen molar-refractivity contribution in [2.45, 2.75) is 19.3 Å². The molecular weight excluding hydrogens is 214 g/mol. The summed E-state index contributed by atoms with van der Waals surface area (Å²) < 4.78 is 0. The number of aliphatic carboxylic acids is 1. The van der Waals surface area contributed by atoms with Gasteiger partial charge in [-0.25, -0.2) is 0 Å². The topological polar surface area (TPSA) is 49.3 Å². The Kier molecular flexibility index (Phi) is 6.04. The number of rotatable bonds is 7. The molecule has 2 N–H and O–H groups in total. The summed E-state index contributed by atoms with van der Waals surface area (Å²) in [6, 6.07) is 9.33. The SMILES string of the molecule is C/C=C/CCNCC(C(=O)O)c1ccccc1. The van der Waals surface area contributed by atoms with E-state index in [1.165, 1.54) is 0 Å². The summed E-state index contributed by atoms with van der Waals surface area (Å²) in [5.41, 5.74) is 0.846. The lowest BCUT2D eigenvalue weighted by Crippen LogP contribution is -2.27. The van der Waals surface area contributed by atoms with Crippen LogP contribution in [0.5, 0.6) is 0 Å². The lowest BCUT2D eigenvalue weighted by atomic mass is 9.99. The van der Waals surface area contributed by atoms with Crippen molar-refractivity contribution in [3.63, 3.8) is 0 Å². The highest BCUT2D eigenvalue weighted by molar-refractivity contribution is 5.76. The molecule has 0 aliphatic rings. The van der Waals surface area contributed by atoms with Gasteiger partial charge in [-0.2, -0.15) is 0 Å². The lowest BCUT2D eigenvalue weighted by molar-refractivity contribution is -0.138. The second-order valence-electron chi connectivity index (χ2n) is 3.86. The molecule has 0 amide bonds. The van der Waals surface area contributed by atoms with Crippen LogP contribution in [0.1, 0.15) is 24.8 Å². The minimum atomic E-state index is -0.783. The van der Waals surface area contributed by atoms with Gasteiger partial charge in [0, 0.05) is 6.54 Å². The maximum absolute atomic E-state index is 11.2. The molecule has 0 saturated heterocycles. The van der Waals surface area contributed by atoms with Crippen LogP contribution in [0.4, 0.5) is 0 Å². The maximum atomic E-state index is 11.2. The second kappa shape index (κ2) is 7.63. The average Bonchev–Trinajstić information content (AvgIpc) is 2.34. The third-order valence-electron chi connectivity index (χ3n) is 2.57. The average molecular weight is 233 g/mol. The van der Waals surface area contributed by atoms with Crippen LogP contribution in [-0.4, -0.2) is 24.2 Å². The molecule has 17 heavy (non-hydrogen) atoms. The van der Waals surface area contributed by atoms with Crippen LogP contribution in [-0.2, 0) is 4.79 Å². The van der Waals surface area contributed by atoms with Gasteiger partial charge in [-0.1, -0.05) is 42.5 Å². The quantitative estimate of drug-likeness (QED) is 0.561. The first kappa shape index (κ1) is 13.5. The molecule has 0 spiro atoms. The molecule has 0 bridgehead atoms. The highest BCUT2D eigenvalue weighted by Crippen LogP contribution is 2.14. The lowest BCUT2D eigenvalue weighted by Gasteiger charge is -2.13. The van der Waals surface area contributed by atoms with Crippen LogP contribution in [0.15, 0.2) is 42.5 Å². The number of carboxylic acid groups (broad SMARTS) is 1. The molecule has 0 aliphatic heterocycles. The van der Waals surface area contributed by atoms with Gasteiger partial charge in [-0.15, -0.1) is 0 Å². The van der Waals surface area contributed by atoms with E-state index in [4.69, 9.17) is 0 Å². The summed E-state index contributed by atoms with van der Waals surface area (Å²) in [5.74, 6) is -1.25. The fourth-order valence-electron chi connectivity index (χ4n) is 1.63. The standard InChI is InChI=1S/C14H19NO2/c1-2-3-7-10-15-11-13(14(16)17)12-8-5-4-6-9-12/h2-6,8-9,13,15H,7,10-11H2,1H3,(H,16,17)/b3-2+. The zero-order chi connectivity index (χ0) is 12.5. The highest BCUT2D eigenvalue weighted by atomic mass is 16.4. The summed E-state index contributed by atoms with van der Waals surface area (Å²) in [6.07, 6.45) is 4.98. The van der Waals surface area contributed by atoms with Crippen LogP contribution in [0.3, 0.4) is 0 Å². The van der Waals surface area contributed by atoms with E-state index in [2.05, 4.69) is 11.4 Å². The molecule has 0 heterocycles. The third-order valence-corrected chi connectivity index (χ3v) is 2.57. The Morgan fingerprint density at radius 2 is 2.12 bits per heavy atom. The van der Waals surface area contributed by atoms with Gasteiger partial charge in [0.2, 0.25) is 0 Å². The molecule has 0 aromatic heterocycles. The van der Waals surface area contributed by atoms with E-state index in [-0.39, 0.29) is 0 Å². The predicted octanol–water partition coefficient (Wildman–Crippen LogP) is 2.41. The minimum Gasteiger partial charge on any atom is -0.481 e. The Balaban J connectivity index is 2.48. The Bertz CT molecular complexity index is 360. The van der Waals surface area contributed by atoms with E-state index in [1.54, 1.807) is 0 Å². The van der Waals surface area contributed by atoms with E-state index >= 15 is 0 Å². The van der Waals surface area contributed by atoms with Gasteiger partial charge >= 0.3 is 5.97 Å². The van der Waals surface area contributed by atoms with E-state index in [0.29, 0.717) is 6.54 Å². The van der Waals surface area contributed by atoms with Gasteiger partial charge in [0.05, 0.1) is 5.92 Å². The molecule has 1 aromatic carbocycles. The minimum absolute atomic E-state index is 0.469. The highest BCUT2D eigenvalue weighted by Gasteiger charge is 2.18. The first-order valence-corrected chi connectivity index (χ1v) is 5.85. The Morgan fingerprint density at radius 3 is 2.71 bits per heavy atom.